The van der Waals surface area contributed by atoms with Crippen molar-refractivity contribution in [1.29, 1.82) is 0 Å². The highest BCUT2D eigenvalue weighted by atomic mass is 32.2. The van der Waals surface area contributed by atoms with Crippen LogP contribution in [-0.2, 0) is 21.2 Å². The summed E-state index contributed by atoms with van der Waals surface area (Å²) in [5.74, 6) is -0.273. The second-order valence-corrected chi connectivity index (χ2v) is 9.08. The zero-order chi connectivity index (χ0) is 20.6. The van der Waals surface area contributed by atoms with Crippen LogP contribution in [0.5, 0.6) is 0 Å². The first-order chi connectivity index (χ1) is 13.3. The molecular formula is C22H30N2O3S. The molecule has 0 saturated heterocycles. The molecule has 2 aromatic rings. The molecule has 0 aromatic heterocycles. The first-order valence-electron chi connectivity index (χ1n) is 9.73. The molecule has 0 fully saturated rings. The van der Waals surface area contributed by atoms with Crippen LogP contribution in [0.4, 0.5) is 0 Å². The predicted octanol–water partition coefficient (Wildman–Crippen LogP) is 3.53. The Bertz CT molecular complexity index is 849. The fraction of sp³-hybridized carbons (Fsp3) is 0.409. The number of carbonyl (C=O) groups is 1. The van der Waals surface area contributed by atoms with Crippen LogP contribution < -0.4 is 5.32 Å². The minimum atomic E-state index is -3.76. The number of hydrogen-bond donors (Lipinski definition) is 1. The smallest absolute Gasteiger partial charge is 0.243 e. The Labute approximate surface area is 168 Å². The molecule has 28 heavy (non-hydrogen) atoms. The van der Waals surface area contributed by atoms with Crippen LogP contribution in [0.15, 0.2) is 59.5 Å². The minimum absolute atomic E-state index is 0.0237. The number of hydrogen-bond acceptors (Lipinski definition) is 3. The van der Waals surface area contributed by atoms with E-state index in [-0.39, 0.29) is 29.9 Å². The molecule has 1 amide bonds. The summed E-state index contributed by atoms with van der Waals surface area (Å²) < 4.78 is 27.6. The number of amides is 1. The fourth-order valence-corrected chi connectivity index (χ4v) is 4.42. The zero-order valence-corrected chi connectivity index (χ0v) is 17.7. The van der Waals surface area contributed by atoms with Gasteiger partial charge in [0.05, 0.1) is 11.4 Å². The molecule has 0 aliphatic rings. The van der Waals surface area contributed by atoms with Gasteiger partial charge in [-0.2, -0.15) is 4.31 Å². The molecule has 0 radical (unpaired) electrons. The van der Waals surface area contributed by atoms with Crippen LogP contribution in [0.3, 0.4) is 0 Å². The monoisotopic (exact) mass is 402 g/mol. The highest BCUT2D eigenvalue weighted by Gasteiger charge is 2.26. The van der Waals surface area contributed by atoms with Crippen LogP contribution in [0.2, 0.25) is 0 Å². The fourth-order valence-electron chi connectivity index (χ4n) is 3.03. The van der Waals surface area contributed by atoms with Gasteiger partial charge >= 0.3 is 0 Å². The Morgan fingerprint density at radius 1 is 1.07 bits per heavy atom. The second-order valence-electron chi connectivity index (χ2n) is 7.14. The van der Waals surface area contributed by atoms with Crippen molar-refractivity contribution in [1.82, 2.24) is 9.62 Å². The van der Waals surface area contributed by atoms with E-state index in [1.807, 2.05) is 44.2 Å². The summed E-state index contributed by atoms with van der Waals surface area (Å²) in [7, 11) is -3.76. The largest absolute Gasteiger partial charge is 0.353 e. The SMILES string of the molecule is CCCC(C)NC(=O)CN(CCc1ccccc1)S(=O)(=O)c1ccc(C)cc1. The molecule has 2 aromatic carbocycles. The maximum atomic E-state index is 13.2. The van der Waals surface area contributed by atoms with Gasteiger partial charge in [0, 0.05) is 12.6 Å². The molecule has 0 spiro atoms. The van der Waals surface area contributed by atoms with E-state index >= 15 is 0 Å². The molecular weight excluding hydrogens is 372 g/mol. The van der Waals surface area contributed by atoms with E-state index in [0.29, 0.717) is 6.42 Å². The van der Waals surface area contributed by atoms with Gasteiger partial charge in [-0.05, 0) is 44.4 Å². The van der Waals surface area contributed by atoms with Crippen molar-refractivity contribution >= 4 is 15.9 Å². The highest BCUT2D eigenvalue weighted by molar-refractivity contribution is 7.89. The molecule has 6 heteroatoms. The lowest BCUT2D eigenvalue weighted by molar-refractivity contribution is -0.121. The maximum Gasteiger partial charge on any atom is 0.243 e. The van der Waals surface area contributed by atoms with Gasteiger partial charge in [0.15, 0.2) is 0 Å². The first-order valence-corrected chi connectivity index (χ1v) is 11.2. The Balaban J connectivity index is 2.19. The molecule has 152 valence electrons. The van der Waals surface area contributed by atoms with Crippen LogP contribution in [0, 0.1) is 6.92 Å². The number of rotatable bonds is 10. The normalized spacial score (nSPS) is 12.7. The molecule has 2 rings (SSSR count). The third-order valence-electron chi connectivity index (χ3n) is 4.60. The summed E-state index contributed by atoms with van der Waals surface area (Å²) in [6.07, 6.45) is 2.37. The number of carbonyl (C=O) groups excluding carboxylic acids is 1. The van der Waals surface area contributed by atoms with Crippen molar-refractivity contribution in [3.05, 3.63) is 65.7 Å². The predicted molar refractivity (Wildman–Crippen MR) is 113 cm³/mol. The molecule has 0 saturated carbocycles. The average molecular weight is 403 g/mol. The summed E-state index contributed by atoms with van der Waals surface area (Å²) in [5.41, 5.74) is 2.02. The zero-order valence-electron chi connectivity index (χ0n) is 16.9. The van der Waals surface area contributed by atoms with Gasteiger partial charge in [0.1, 0.15) is 0 Å². The number of sulfonamides is 1. The van der Waals surface area contributed by atoms with Crippen molar-refractivity contribution in [2.45, 2.75) is 51.0 Å². The van der Waals surface area contributed by atoms with Crippen LogP contribution in [-0.4, -0.2) is 37.8 Å². The Kier molecular flexibility index (Phi) is 8.20. The summed E-state index contributed by atoms with van der Waals surface area (Å²) in [6.45, 7) is 5.96. The second kappa shape index (κ2) is 10.4. The number of nitrogens with one attached hydrogen (secondary N) is 1. The molecule has 0 aliphatic carbocycles. The van der Waals surface area contributed by atoms with Crippen molar-refractivity contribution in [2.24, 2.45) is 0 Å². The Morgan fingerprint density at radius 2 is 1.71 bits per heavy atom. The molecule has 1 N–H and O–H groups in total. The van der Waals surface area contributed by atoms with Gasteiger partial charge in [-0.25, -0.2) is 8.42 Å². The van der Waals surface area contributed by atoms with E-state index in [1.54, 1.807) is 24.3 Å². The Hall–Kier alpha value is -2.18. The van der Waals surface area contributed by atoms with Crippen LogP contribution >= 0.6 is 0 Å². The lowest BCUT2D eigenvalue weighted by Crippen LogP contribution is -2.44. The van der Waals surface area contributed by atoms with Crippen LogP contribution in [0.1, 0.15) is 37.8 Å². The van der Waals surface area contributed by atoms with Crippen molar-refractivity contribution in [3.8, 4) is 0 Å². The van der Waals surface area contributed by atoms with E-state index in [1.165, 1.54) is 4.31 Å². The van der Waals surface area contributed by atoms with E-state index < -0.39 is 10.0 Å². The molecule has 5 nitrogen and oxygen atoms in total. The van der Waals surface area contributed by atoms with Crippen molar-refractivity contribution < 1.29 is 13.2 Å². The standard InChI is InChI=1S/C22H30N2O3S/c1-4-8-19(3)23-22(25)17-24(16-15-20-9-6-5-7-10-20)28(26,27)21-13-11-18(2)12-14-21/h5-7,9-14,19H,4,8,15-17H2,1-3H3,(H,23,25). The van der Waals surface area contributed by atoms with Gasteiger partial charge in [0.2, 0.25) is 15.9 Å². The molecule has 0 heterocycles. The topological polar surface area (TPSA) is 66.5 Å². The van der Waals surface area contributed by atoms with Gasteiger partial charge in [-0.3, -0.25) is 4.79 Å². The van der Waals surface area contributed by atoms with E-state index in [2.05, 4.69) is 12.2 Å². The highest BCUT2D eigenvalue weighted by Crippen LogP contribution is 2.17. The van der Waals surface area contributed by atoms with Gasteiger partial charge in [-0.1, -0.05) is 61.4 Å². The van der Waals surface area contributed by atoms with E-state index in [9.17, 15) is 13.2 Å². The first kappa shape index (κ1) is 22.1. The lowest BCUT2D eigenvalue weighted by atomic mass is 10.1. The third-order valence-corrected chi connectivity index (χ3v) is 6.46. The average Bonchev–Trinajstić information content (AvgIpc) is 2.66. The van der Waals surface area contributed by atoms with Gasteiger partial charge < -0.3 is 5.32 Å². The Morgan fingerprint density at radius 3 is 2.32 bits per heavy atom. The summed E-state index contributed by atoms with van der Waals surface area (Å²) >= 11 is 0. The third kappa shape index (κ3) is 6.46. The lowest BCUT2D eigenvalue weighted by Gasteiger charge is -2.23. The van der Waals surface area contributed by atoms with Gasteiger partial charge in [-0.15, -0.1) is 0 Å². The van der Waals surface area contributed by atoms with Crippen molar-refractivity contribution in [3.63, 3.8) is 0 Å². The maximum absolute atomic E-state index is 13.2. The summed E-state index contributed by atoms with van der Waals surface area (Å²) in [4.78, 5) is 12.7. The van der Waals surface area contributed by atoms with E-state index in [4.69, 9.17) is 0 Å². The molecule has 0 bridgehead atoms. The quantitative estimate of drug-likeness (QED) is 0.661. The number of nitrogens with zero attached hydrogens (tertiary/aromatic N) is 1. The molecule has 1 atom stereocenters. The molecule has 1 unspecified atom stereocenters. The summed E-state index contributed by atoms with van der Waals surface area (Å²) in [5, 5.41) is 2.90. The minimum Gasteiger partial charge on any atom is -0.353 e. The molecule has 0 aliphatic heterocycles. The van der Waals surface area contributed by atoms with Crippen LogP contribution in [0.25, 0.3) is 0 Å². The van der Waals surface area contributed by atoms with Gasteiger partial charge in [0.25, 0.3) is 0 Å². The van der Waals surface area contributed by atoms with Crippen molar-refractivity contribution in [2.75, 3.05) is 13.1 Å². The summed E-state index contributed by atoms with van der Waals surface area (Å²) in [6, 6.07) is 16.4. The number of benzene rings is 2. The van der Waals surface area contributed by atoms with E-state index in [0.717, 1.165) is 24.0 Å². The number of aryl methyl sites for hydroxylation is 1.